The van der Waals surface area contributed by atoms with E-state index in [1.54, 1.807) is 6.26 Å². The van der Waals surface area contributed by atoms with Crippen LogP contribution >= 0.6 is 35.0 Å². The van der Waals surface area contributed by atoms with Crippen LogP contribution in [0, 0.1) is 11.3 Å². The third-order valence-electron chi connectivity index (χ3n) is 4.61. The lowest BCUT2D eigenvalue weighted by Crippen LogP contribution is -2.51. The second kappa shape index (κ2) is 10.6. The van der Waals surface area contributed by atoms with Gasteiger partial charge in [-0.1, -0.05) is 41.0 Å². The van der Waals surface area contributed by atoms with Gasteiger partial charge in [0.05, 0.1) is 40.5 Å². The molecular formula is C19H18Cl2F3N7S. The van der Waals surface area contributed by atoms with Gasteiger partial charge in [-0.15, -0.1) is 0 Å². The fraction of sp³-hybridized carbons (Fsp3) is 0.368. The molecule has 0 aliphatic carbocycles. The number of hydrogen-bond donors (Lipinski definition) is 2. The summed E-state index contributed by atoms with van der Waals surface area (Å²) in [5.41, 5.74) is 1.44. The second-order valence-electron chi connectivity index (χ2n) is 6.73. The van der Waals surface area contributed by atoms with E-state index >= 15 is 0 Å². The average molecular weight is 504 g/mol. The highest BCUT2D eigenvalue weighted by Crippen LogP contribution is 2.39. The van der Waals surface area contributed by atoms with E-state index in [2.05, 4.69) is 31.9 Å². The summed E-state index contributed by atoms with van der Waals surface area (Å²) in [5.74, 6) is 0.492. The van der Waals surface area contributed by atoms with Gasteiger partial charge >= 0.3 is 6.18 Å². The molecule has 0 radical (unpaired) electrons. The first-order chi connectivity index (χ1) is 15.2. The molecule has 0 amide bonds. The van der Waals surface area contributed by atoms with Crippen LogP contribution in [0.5, 0.6) is 0 Å². The Labute approximate surface area is 197 Å². The molecule has 13 heteroatoms. The highest BCUT2D eigenvalue weighted by molar-refractivity contribution is 7.98. The third kappa shape index (κ3) is 5.75. The molecule has 7 nitrogen and oxygen atoms in total. The van der Waals surface area contributed by atoms with Gasteiger partial charge in [0.1, 0.15) is 11.0 Å². The number of alkyl halides is 3. The summed E-state index contributed by atoms with van der Waals surface area (Å²) in [7, 11) is 0. The first-order valence-electron chi connectivity index (χ1n) is 9.36. The summed E-state index contributed by atoms with van der Waals surface area (Å²) in [5, 5.41) is 16.3. The Morgan fingerprint density at radius 1 is 1.41 bits per heavy atom. The van der Waals surface area contributed by atoms with Gasteiger partial charge in [0.25, 0.3) is 0 Å². The molecule has 1 aliphatic rings. The van der Waals surface area contributed by atoms with E-state index in [9.17, 15) is 13.2 Å². The molecule has 0 spiro atoms. The maximum atomic E-state index is 13.4. The molecule has 3 rings (SSSR count). The van der Waals surface area contributed by atoms with Crippen molar-refractivity contribution in [2.45, 2.75) is 23.8 Å². The zero-order valence-electron chi connectivity index (χ0n) is 16.7. The smallest absolute Gasteiger partial charge is 0.353 e. The van der Waals surface area contributed by atoms with Crippen molar-refractivity contribution in [2.75, 3.05) is 36.2 Å². The molecule has 1 aromatic carbocycles. The average Bonchev–Trinajstić information content (AvgIpc) is 2.74. The topological polar surface area (TPSA) is 89.2 Å². The van der Waals surface area contributed by atoms with Crippen LogP contribution in [0.15, 0.2) is 28.5 Å². The largest absolute Gasteiger partial charge is 0.419 e. The lowest BCUT2D eigenvalue weighted by atomic mass is 10.1. The number of nitriles is 1. The Morgan fingerprint density at radius 3 is 2.88 bits per heavy atom. The molecule has 1 saturated heterocycles. The minimum absolute atomic E-state index is 0.0519. The van der Waals surface area contributed by atoms with Crippen LogP contribution in [0.1, 0.15) is 17.5 Å². The number of nitrogens with zero attached hydrogens (tertiary/aromatic N) is 5. The SMILES string of the molecule is CSc1nc(Cl)c(/C=N/Nc2cccc(Cl)c2C(F)(F)F)c(N2CCNC(CC#N)C2)n1. The summed E-state index contributed by atoms with van der Waals surface area (Å²) in [6, 6.07) is 5.86. The zero-order valence-corrected chi connectivity index (χ0v) is 19.1. The number of rotatable bonds is 6. The first kappa shape index (κ1) is 24.4. The molecule has 2 N–H and O–H groups in total. The summed E-state index contributed by atoms with van der Waals surface area (Å²) in [6.45, 7) is 1.74. The van der Waals surface area contributed by atoms with Crippen molar-refractivity contribution in [3.8, 4) is 6.07 Å². The van der Waals surface area contributed by atoms with E-state index in [1.807, 2.05) is 4.90 Å². The number of hydrazone groups is 1. The van der Waals surface area contributed by atoms with Crippen molar-refractivity contribution in [3.05, 3.63) is 39.5 Å². The van der Waals surface area contributed by atoms with Gasteiger partial charge in [-0.25, -0.2) is 9.97 Å². The van der Waals surface area contributed by atoms with E-state index < -0.39 is 16.8 Å². The Balaban J connectivity index is 1.93. The van der Waals surface area contributed by atoms with E-state index in [0.717, 1.165) is 6.07 Å². The van der Waals surface area contributed by atoms with E-state index in [-0.39, 0.29) is 16.9 Å². The first-order valence-corrected chi connectivity index (χ1v) is 11.3. The molecule has 1 aliphatic heterocycles. The zero-order chi connectivity index (χ0) is 23.3. The summed E-state index contributed by atoms with van der Waals surface area (Å²) >= 11 is 13.4. The monoisotopic (exact) mass is 503 g/mol. The molecule has 1 unspecified atom stereocenters. The van der Waals surface area contributed by atoms with Crippen molar-refractivity contribution in [2.24, 2.45) is 5.10 Å². The highest BCUT2D eigenvalue weighted by atomic mass is 35.5. The maximum absolute atomic E-state index is 13.4. The number of benzene rings is 1. The molecule has 2 heterocycles. The number of thioether (sulfide) groups is 1. The Bertz CT molecular complexity index is 1040. The number of anilines is 2. The van der Waals surface area contributed by atoms with Gasteiger partial charge in [-0.05, 0) is 18.4 Å². The normalized spacial score (nSPS) is 16.9. The van der Waals surface area contributed by atoms with Gasteiger partial charge < -0.3 is 10.2 Å². The molecule has 0 bridgehead atoms. The van der Waals surface area contributed by atoms with Crippen molar-refractivity contribution in [1.82, 2.24) is 15.3 Å². The predicted octanol–water partition coefficient (Wildman–Crippen LogP) is 4.66. The van der Waals surface area contributed by atoms with Crippen LogP contribution in [-0.2, 0) is 6.18 Å². The number of nitrogens with one attached hydrogen (secondary N) is 2. The van der Waals surface area contributed by atoms with Crippen molar-refractivity contribution >= 4 is 52.7 Å². The molecule has 0 saturated carbocycles. The predicted molar refractivity (Wildman–Crippen MR) is 121 cm³/mol. The molecule has 2 aromatic rings. The number of piperazine rings is 1. The van der Waals surface area contributed by atoms with E-state index in [4.69, 9.17) is 28.5 Å². The molecule has 1 fully saturated rings. The van der Waals surface area contributed by atoms with Gasteiger partial charge in [-0.3, -0.25) is 5.43 Å². The van der Waals surface area contributed by atoms with Crippen LogP contribution < -0.4 is 15.6 Å². The van der Waals surface area contributed by atoms with Crippen molar-refractivity contribution in [3.63, 3.8) is 0 Å². The number of hydrogen-bond acceptors (Lipinski definition) is 8. The van der Waals surface area contributed by atoms with Crippen molar-refractivity contribution < 1.29 is 13.2 Å². The molecule has 1 atom stereocenters. The maximum Gasteiger partial charge on any atom is 0.419 e. The number of halogens is 5. The standard InChI is InChI=1S/C19H18Cl2F3N7S/c1-32-18-28-16(21)12(17(29-18)31-8-7-26-11(10-31)5-6-25)9-27-30-14-4-2-3-13(20)15(14)19(22,23)24/h2-4,9,11,26,30H,5,7-8,10H2,1H3/b27-9+. The summed E-state index contributed by atoms with van der Waals surface area (Å²) in [6.07, 6.45) is -1.24. The lowest BCUT2D eigenvalue weighted by Gasteiger charge is -2.34. The van der Waals surface area contributed by atoms with Gasteiger partial charge in [0.15, 0.2) is 5.16 Å². The number of aromatic nitrogens is 2. The van der Waals surface area contributed by atoms with E-state index in [1.165, 1.54) is 30.1 Å². The molecular weight excluding hydrogens is 486 g/mol. The Hall–Kier alpha value is -2.26. The van der Waals surface area contributed by atoms with Crippen molar-refractivity contribution in [1.29, 1.82) is 5.26 Å². The van der Waals surface area contributed by atoms with Gasteiger partial charge in [-0.2, -0.15) is 23.5 Å². The Morgan fingerprint density at radius 2 is 2.19 bits per heavy atom. The minimum Gasteiger partial charge on any atom is -0.353 e. The van der Waals surface area contributed by atoms with Crippen LogP contribution in [0.2, 0.25) is 10.2 Å². The molecule has 170 valence electrons. The summed E-state index contributed by atoms with van der Waals surface area (Å²) in [4.78, 5) is 10.7. The molecule has 32 heavy (non-hydrogen) atoms. The quantitative estimate of drug-likeness (QED) is 0.195. The third-order valence-corrected chi connectivity index (χ3v) is 5.76. The van der Waals surface area contributed by atoms with E-state index in [0.29, 0.717) is 42.6 Å². The van der Waals surface area contributed by atoms with Crippen LogP contribution in [-0.4, -0.2) is 48.1 Å². The van der Waals surface area contributed by atoms with Crippen LogP contribution in [0.3, 0.4) is 0 Å². The van der Waals surface area contributed by atoms with Gasteiger partial charge in [0.2, 0.25) is 0 Å². The Kier molecular flexibility index (Phi) is 8.05. The molecule has 1 aromatic heterocycles. The van der Waals surface area contributed by atoms with Crippen LogP contribution in [0.4, 0.5) is 24.7 Å². The lowest BCUT2D eigenvalue weighted by molar-refractivity contribution is -0.136. The minimum atomic E-state index is -4.65. The second-order valence-corrected chi connectivity index (χ2v) is 8.27. The van der Waals surface area contributed by atoms with Crippen LogP contribution in [0.25, 0.3) is 0 Å². The fourth-order valence-corrected chi connectivity index (χ4v) is 4.10. The van der Waals surface area contributed by atoms with Gasteiger partial charge in [0, 0.05) is 25.7 Å². The summed E-state index contributed by atoms with van der Waals surface area (Å²) < 4.78 is 40.1. The fourth-order valence-electron chi connectivity index (χ4n) is 3.19. The highest BCUT2D eigenvalue weighted by Gasteiger charge is 2.36.